The number of nitro groups is 1. The molecule has 1 aromatic rings. The lowest BCUT2D eigenvalue weighted by Gasteiger charge is -2.21. The Labute approximate surface area is 110 Å². The lowest BCUT2D eigenvalue weighted by Crippen LogP contribution is -2.37. The van der Waals surface area contributed by atoms with Crippen molar-refractivity contribution in [1.82, 2.24) is 10.3 Å². The zero-order chi connectivity index (χ0) is 14.4. The zero-order valence-electron chi connectivity index (χ0n) is 10.9. The highest BCUT2D eigenvalue weighted by atomic mass is 16.6. The van der Waals surface area contributed by atoms with Crippen LogP contribution in [0.25, 0.3) is 0 Å². The van der Waals surface area contributed by atoms with Gasteiger partial charge in [0.1, 0.15) is 11.6 Å². The average molecular weight is 267 g/mol. The zero-order valence-corrected chi connectivity index (χ0v) is 10.9. The van der Waals surface area contributed by atoms with Crippen LogP contribution in [-0.2, 0) is 4.79 Å². The molecule has 0 saturated heterocycles. The number of nitrogens with one attached hydrogen (secondary N) is 1. The van der Waals surface area contributed by atoms with Crippen molar-refractivity contribution in [2.45, 2.75) is 13.8 Å². The number of nitrogen functional groups attached to an aromatic ring is 1. The number of nitrogens with two attached hydrogens (primary N) is 1. The van der Waals surface area contributed by atoms with Gasteiger partial charge in [0.15, 0.2) is 0 Å². The van der Waals surface area contributed by atoms with Crippen molar-refractivity contribution >= 4 is 23.2 Å². The first-order valence-corrected chi connectivity index (χ1v) is 5.91. The number of carbonyl (C=O) groups is 1. The number of carbonyl (C=O) groups excluding carboxylic acids is 1. The average Bonchev–Trinajstić information content (AvgIpc) is 2.35. The molecule has 0 aromatic carbocycles. The van der Waals surface area contributed by atoms with E-state index in [1.165, 1.54) is 12.1 Å². The molecular formula is C11H17N5O3. The first-order valence-electron chi connectivity index (χ1n) is 5.91. The van der Waals surface area contributed by atoms with Crippen LogP contribution < -0.4 is 16.0 Å². The second kappa shape index (κ2) is 6.53. The lowest BCUT2D eigenvalue weighted by molar-refractivity contribution is -0.384. The molecule has 1 rings (SSSR count). The molecule has 1 heterocycles. The molecule has 104 valence electrons. The van der Waals surface area contributed by atoms with Crippen molar-refractivity contribution in [2.24, 2.45) is 0 Å². The molecule has 0 atom stereocenters. The molecule has 3 N–H and O–H groups in total. The lowest BCUT2D eigenvalue weighted by atomic mass is 10.3. The van der Waals surface area contributed by atoms with Gasteiger partial charge in [-0.3, -0.25) is 14.9 Å². The van der Waals surface area contributed by atoms with Crippen molar-refractivity contribution in [3.63, 3.8) is 0 Å². The highest BCUT2D eigenvalue weighted by Crippen LogP contribution is 2.21. The topological polar surface area (TPSA) is 114 Å². The third-order valence-corrected chi connectivity index (χ3v) is 2.44. The van der Waals surface area contributed by atoms with Crippen LogP contribution in [0.1, 0.15) is 13.8 Å². The first kappa shape index (κ1) is 14.7. The second-order valence-electron chi connectivity index (χ2n) is 3.83. The van der Waals surface area contributed by atoms with Crippen LogP contribution >= 0.6 is 0 Å². The summed E-state index contributed by atoms with van der Waals surface area (Å²) in [4.78, 5) is 27.4. The predicted octanol–water partition coefficient (Wildman–Crippen LogP) is 0.534. The normalized spacial score (nSPS) is 10.0. The largest absolute Gasteiger partial charge is 0.383 e. The number of nitrogens with zero attached hydrogens (tertiary/aromatic N) is 3. The van der Waals surface area contributed by atoms with Gasteiger partial charge in [-0.05, 0) is 13.8 Å². The maximum atomic E-state index is 11.5. The fraction of sp³-hybridized carbons (Fsp3) is 0.455. The third kappa shape index (κ3) is 4.09. The van der Waals surface area contributed by atoms with Gasteiger partial charge in [-0.25, -0.2) is 4.98 Å². The molecule has 1 aromatic heterocycles. The number of anilines is 2. The molecule has 0 saturated carbocycles. The maximum absolute atomic E-state index is 11.5. The van der Waals surface area contributed by atoms with Gasteiger partial charge in [0, 0.05) is 13.1 Å². The van der Waals surface area contributed by atoms with Crippen molar-refractivity contribution in [1.29, 1.82) is 0 Å². The van der Waals surface area contributed by atoms with Gasteiger partial charge in [-0.1, -0.05) is 0 Å². The summed E-state index contributed by atoms with van der Waals surface area (Å²) in [5.74, 6) is 0.204. The number of pyridine rings is 1. The van der Waals surface area contributed by atoms with Crippen LogP contribution in [-0.4, -0.2) is 35.4 Å². The van der Waals surface area contributed by atoms with Gasteiger partial charge in [-0.2, -0.15) is 0 Å². The predicted molar refractivity (Wildman–Crippen MR) is 71.9 cm³/mol. The molecule has 0 unspecified atom stereocenters. The molecule has 0 spiro atoms. The summed E-state index contributed by atoms with van der Waals surface area (Å²) in [5, 5.41) is 13.4. The van der Waals surface area contributed by atoms with E-state index in [2.05, 4.69) is 10.3 Å². The Morgan fingerprint density at radius 3 is 2.74 bits per heavy atom. The summed E-state index contributed by atoms with van der Waals surface area (Å²) in [6.07, 6.45) is 0. The van der Waals surface area contributed by atoms with E-state index in [4.69, 9.17) is 5.73 Å². The Morgan fingerprint density at radius 2 is 2.21 bits per heavy atom. The Hall–Kier alpha value is -2.38. The number of hydrogen-bond donors (Lipinski definition) is 2. The third-order valence-electron chi connectivity index (χ3n) is 2.44. The number of rotatable bonds is 6. The Balaban J connectivity index is 2.97. The van der Waals surface area contributed by atoms with Gasteiger partial charge < -0.3 is 16.0 Å². The van der Waals surface area contributed by atoms with E-state index < -0.39 is 4.92 Å². The molecule has 8 nitrogen and oxygen atoms in total. The van der Waals surface area contributed by atoms with Crippen LogP contribution in [0.2, 0.25) is 0 Å². The van der Waals surface area contributed by atoms with Gasteiger partial charge in [0.2, 0.25) is 5.91 Å². The first-order chi connectivity index (χ1) is 8.97. The van der Waals surface area contributed by atoms with Crippen LogP contribution in [0.15, 0.2) is 12.1 Å². The Bertz CT molecular complexity index is 477. The van der Waals surface area contributed by atoms with Crippen molar-refractivity contribution < 1.29 is 9.72 Å². The molecule has 0 aliphatic heterocycles. The molecule has 0 aliphatic rings. The molecule has 19 heavy (non-hydrogen) atoms. The van der Waals surface area contributed by atoms with Gasteiger partial charge >= 0.3 is 0 Å². The minimum absolute atomic E-state index is 0.0542. The number of aromatic nitrogens is 1. The quantitative estimate of drug-likeness (QED) is 0.574. The monoisotopic (exact) mass is 267 g/mol. The van der Waals surface area contributed by atoms with E-state index in [0.717, 1.165) is 0 Å². The van der Waals surface area contributed by atoms with Crippen molar-refractivity contribution in [2.75, 3.05) is 30.3 Å². The minimum atomic E-state index is -0.540. The summed E-state index contributed by atoms with van der Waals surface area (Å²) >= 11 is 0. The van der Waals surface area contributed by atoms with Crippen molar-refractivity contribution in [3.05, 3.63) is 22.2 Å². The smallest absolute Gasteiger partial charge is 0.276 e. The van der Waals surface area contributed by atoms with Crippen LogP contribution in [0.4, 0.5) is 17.3 Å². The van der Waals surface area contributed by atoms with Crippen LogP contribution in [0, 0.1) is 10.1 Å². The summed E-state index contributed by atoms with van der Waals surface area (Å²) in [5.41, 5.74) is 5.39. The molecule has 0 bridgehead atoms. The van der Waals surface area contributed by atoms with E-state index in [0.29, 0.717) is 18.9 Å². The maximum Gasteiger partial charge on any atom is 0.276 e. The molecular weight excluding hydrogens is 250 g/mol. The molecule has 0 fully saturated rings. The molecule has 8 heteroatoms. The van der Waals surface area contributed by atoms with Gasteiger partial charge in [0.25, 0.3) is 5.69 Å². The summed E-state index contributed by atoms with van der Waals surface area (Å²) in [6, 6.07) is 2.49. The summed E-state index contributed by atoms with van der Waals surface area (Å²) < 4.78 is 0. The number of hydrogen-bond acceptors (Lipinski definition) is 6. The second-order valence-corrected chi connectivity index (χ2v) is 3.83. The van der Waals surface area contributed by atoms with E-state index in [1.54, 1.807) is 4.90 Å². The standard InChI is InChI=1S/C11H17N5O3/c1-3-13-11(17)7-15(4-2)10-6-8(16(18)19)5-9(12)14-10/h5-6H,3-4,7H2,1-2H3,(H2,12,14)(H,13,17). The fourth-order valence-electron chi connectivity index (χ4n) is 1.57. The van der Waals surface area contributed by atoms with Gasteiger partial charge in [0.05, 0.1) is 23.6 Å². The number of likely N-dealkylation sites (N-methyl/N-ethyl adjacent to an activating group) is 2. The summed E-state index contributed by atoms with van der Waals surface area (Å²) in [6.45, 7) is 4.75. The molecule has 0 radical (unpaired) electrons. The Kier molecular flexibility index (Phi) is 5.04. The minimum Gasteiger partial charge on any atom is -0.383 e. The van der Waals surface area contributed by atoms with E-state index in [1.807, 2.05) is 13.8 Å². The van der Waals surface area contributed by atoms with Crippen LogP contribution in [0.3, 0.4) is 0 Å². The van der Waals surface area contributed by atoms with Gasteiger partial charge in [-0.15, -0.1) is 0 Å². The summed E-state index contributed by atoms with van der Waals surface area (Å²) in [7, 11) is 0. The highest BCUT2D eigenvalue weighted by molar-refractivity contribution is 5.81. The Morgan fingerprint density at radius 1 is 1.53 bits per heavy atom. The molecule has 1 amide bonds. The van der Waals surface area contributed by atoms with E-state index in [9.17, 15) is 14.9 Å². The SMILES string of the molecule is CCNC(=O)CN(CC)c1cc([N+](=O)[O-])cc(N)n1. The fourth-order valence-corrected chi connectivity index (χ4v) is 1.57. The van der Waals surface area contributed by atoms with E-state index >= 15 is 0 Å². The highest BCUT2D eigenvalue weighted by Gasteiger charge is 2.16. The van der Waals surface area contributed by atoms with E-state index in [-0.39, 0.29) is 24.0 Å². The number of amides is 1. The van der Waals surface area contributed by atoms with Crippen molar-refractivity contribution in [3.8, 4) is 0 Å². The molecule has 0 aliphatic carbocycles. The van der Waals surface area contributed by atoms with Crippen LogP contribution in [0.5, 0.6) is 0 Å².